The molecule has 1 aromatic carbocycles. The van der Waals surface area contributed by atoms with E-state index < -0.39 is 0 Å². The lowest BCUT2D eigenvalue weighted by molar-refractivity contribution is -0.133. The van der Waals surface area contributed by atoms with E-state index in [1.54, 1.807) is 35.0 Å². The normalized spacial score (nSPS) is 25.1. The van der Waals surface area contributed by atoms with Crippen LogP contribution in [0.4, 0.5) is 0 Å². The molecule has 2 bridgehead atoms. The van der Waals surface area contributed by atoms with Gasteiger partial charge in [0.05, 0.1) is 40.8 Å². The van der Waals surface area contributed by atoms with Gasteiger partial charge >= 0.3 is 0 Å². The van der Waals surface area contributed by atoms with E-state index >= 15 is 0 Å². The third-order valence-corrected chi connectivity index (χ3v) is 5.03. The van der Waals surface area contributed by atoms with E-state index in [9.17, 15) is 9.59 Å². The first-order valence-corrected chi connectivity index (χ1v) is 7.82. The molecule has 2 amide bonds. The minimum atomic E-state index is -0.334. The van der Waals surface area contributed by atoms with Gasteiger partial charge in [0.25, 0.3) is 5.91 Å². The van der Waals surface area contributed by atoms with Gasteiger partial charge in [-0.25, -0.2) is 0 Å². The molecule has 118 valence electrons. The number of carbonyl (C=O) groups is 2. The molecule has 0 aromatic heterocycles. The summed E-state index contributed by atoms with van der Waals surface area (Å²) in [6.45, 7) is 1.54. The molecule has 0 N–H and O–H groups in total. The molecule has 2 aliphatic rings. The van der Waals surface area contributed by atoms with Gasteiger partial charge in [0.1, 0.15) is 0 Å². The highest BCUT2D eigenvalue weighted by Crippen LogP contribution is 2.28. The second-order valence-corrected chi connectivity index (χ2v) is 6.43. The minimum Gasteiger partial charge on any atom is -0.378 e. The molecule has 3 rings (SSSR count). The second-order valence-electron chi connectivity index (χ2n) is 5.65. The molecule has 1 aromatic rings. The van der Waals surface area contributed by atoms with Gasteiger partial charge in [-0.3, -0.25) is 9.59 Å². The van der Waals surface area contributed by atoms with E-state index in [4.69, 9.17) is 27.9 Å². The Morgan fingerprint density at radius 2 is 2.05 bits per heavy atom. The summed E-state index contributed by atoms with van der Waals surface area (Å²) in [6.07, 6.45) is 0. The Bertz CT molecular complexity index is 623. The smallest absolute Gasteiger partial charge is 0.255 e. The van der Waals surface area contributed by atoms with Crippen LogP contribution in [0.3, 0.4) is 0 Å². The fourth-order valence-corrected chi connectivity index (χ4v) is 3.28. The average Bonchev–Trinajstić information content (AvgIpc) is 2.67. The molecule has 0 unspecified atom stereocenters. The van der Waals surface area contributed by atoms with E-state index in [0.717, 1.165) is 0 Å². The van der Waals surface area contributed by atoms with Crippen LogP contribution in [-0.4, -0.2) is 61.0 Å². The summed E-state index contributed by atoms with van der Waals surface area (Å²) < 4.78 is 5.53. The van der Waals surface area contributed by atoms with E-state index in [1.165, 1.54) is 0 Å². The zero-order valence-electron chi connectivity index (χ0n) is 12.1. The predicted octanol–water partition coefficient (Wildman–Crippen LogP) is 1.92. The molecule has 0 radical (unpaired) electrons. The highest BCUT2D eigenvalue weighted by atomic mass is 35.5. The Labute approximate surface area is 138 Å². The number of hydrogen-bond donors (Lipinski definition) is 0. The molecule has 2 fully saturated rings. The third-order valence-electron chi connectivity index (χ3n) is 4.21. The number of nitrogens with zero attached hydrogens (tertiary/aromatic N) is 2. The zero-order chi connectivity index (χ0) is 15.9. The van der Waals surface area contributed by atoms with Crippen LogP contribution < -0.4 is 0 Å². The van der Waals surface area contributed by atoms with Crippen LogP contribution in [0.15, 0.2) is 18.2 Å². The number of likely N-dealkylation sites (N-methyl/N-ethyl adjacent to an activating group) is 1. The number of ether oxygens (including phenoxy) is 1. The zero-order valence-corrected chi connectivity index (χ0v) is 13.6. The minimum absolute atomic E-state index is 0.0231. The van der Waals surface area contributed by atoms with Crippen molar-refractivity contribution < 1.29 is 14.3 Å². The van der Waals surface area contributed by atoms with Crippen LogP contribution in [0.5, 0.6) is 0 Å². The van der Waals surface area contributed by atoms with Gasteiger partial charge in [-0.1, -0.05) is 29.3 Å². The summed E-state index contributed by atoms with van der Waals surface area (Å²) in [4.78, 5) is 28.5. The Balaban J connectivity index is 1.90. The molecule has 2 atom stereocenters. The van der Waals surface area contributed by atoms with E-state index in [2.05, 4.69) is 0 Å². The van der Waals surface area contributed by atoms with Crippen LogP contribution in [0, 0.1) is 5.92 Å². The van der Waals surface area contributed by atoms with Crippen molar-refractivity contribution in [1.29, 1.82) is 0 Å². The Hall–Kier alpha value is -1.30. The first kappa shape index (κ1) is 15.6. The molecule has 5 nitrogen and oxygen atoms in total. The molecular weight excluding hydrogens is 327 g/mol. The number of fused-ring (bicyclic) bond motifs is 3. The quantitative estimate of drug-likeness (QED) is 0.783. The lowest BCUT2D eigenvalue weighted by Crippen LogP contribution is -2.45. The van der Waals surface area contributed by atoms with Crippen LogP contribution in [0.1, 0.15) is 10.4 Å². The van der Waals surface area contributed by atoms with Crippen molar-refractivity contribution >= 4 is 35.0 Å². The van der Waals surface area contributed by atoms with Gasteiger partial charge in [-0.2, -0.15) is 0 Å². The van der Waals surface area contributed by atoms with Crippen molar-refractivity contribution in [2.45, 2.75) is 6.04 Å². The summed E-state index contributed by atoms with van der Waals surface area (Å²) in [5, 5.41) is 0.596. The molecular formula is C15H16Cl2N2O3. The maximum absolute atomic E-state index is 12.8. The van der Waals surface area contributed by atoms with Crippen LogP contribution >= 0.6 is 23.2 Å². The van der Waals surface area contributed by atoms with Gasteiger partial charge < -0.3 is 14.5 Å². The van der Waals surface area contributed by atoms with Gasteiger partial charge in [-0.15, -0.1) is 0 Å². The van der Waals surface area contributed by atoms with Crippen LogP contribution in [0.2, 0.25) is 10.0 Å². The number of carbonyl (C=O) groups excluding carboxylic acids is 2. The molecule has 7 heteroatoms. The van der Waals surface area contributed by atoms with Crippen LogP contribution in [0.25, 0.3) is 0 Å². The fraction of sp³-hybridized carbons (Fsp3) is 0.467. The van der Waals surface area contributed by atoms with Crippen molar-refractivity contribution in [2.75, 3.05) is 33.4 Å². The standard InChI is InChI=1S/C15H16Cl2N2O3/c1-18-10-6-19(5-9(14(18)20)7-22-8-10)15(21)11-3-2-4-12(16)13(11)17/h2-4,9-10H,5-8H2,1H3/t9-,10+/m1/s1. The summed E-state index contributed by atoms with van der Waals surface area (Å²) >= 11 is 12.1. The second kappa shape index (κ2) is 6.07. The lowest BCUT2D eigenvalue weighted by atomic mass is 10.1. The van der Waals surface area contributed by atoms with E-state index in [0.29, 0.717) is 36.9 Å². The molecule has 2 saturated heterocycles. The number of halogens is 2. The summed E-state index contributed by atoms with van der Waals surface area (Å²) in [5.74, 6) is -0.512. The van der Waals surface area contributed by atoms with Crippen molar-refractivity contribution in [3.05, 3.63) is 33.8 Å². The van der Waals surface area contributed by atoms with Gasteiger partial charge in [0, 0.05) is 20.1 Å². The van der Waals surface area contributed by atoms with Crippen molar-refractivity contribution in [3.63, 3.8) is 0 Å². The largest absolute Gasteiger partial charge is 0.378 e. The third kappa shape index (κ3) is 2.69. The Morgan fingerprint density at radius 3 is 2.82 bits per heavy atom. The van der Waals surface area contributed by atoms with E-state index in [-0.39, 0.29) is 28.8 Å². The Morgan fingerprint density at radius 1 is 1.27 bits per heavy atom. The summed E-state index contributed by atoms with van der Waals surface area (Å²) in [6, 6.07) is 4.85. The maximum Gasteiger partial charge on any atom is 0.255 e. The van der Waals surface area contributed by atoms with Crippen LogP contribution in [-0.2, 0) is 9.53 Å². The predicted molar refractivity (Wildman–Crippen MR) is 83.2 cm³/mol. The monoisotopic (exact) mass is 342 g/mol. The maximum atomic E-state index is 12.8. The molecule has 22 heavy (non-hydrogen) atoms. The fourth-order valence-electron chi connectivity index (χ4n) is 2.90. The summed E-state index contributed by atoms with van der Waals surface area (Å²) in [5.41, 5.74) is 0.366. The molecule has 2 aliphatic heterocycles. The van der Waals surface area contributed by atoms with Crippen molar-refractivity contribution in [3.8, 4) is 0 Å². The number of hydrogen-bond acceptors (Lipinski definition) is 3. The Kier molecular flexibility index (Phi) is 4.30. The molecule has 2 heterocycles. The highest BCUT2D eigenvalue weighted by Gasteiger charge is 2.39. The average molecular weight is 343 g/mol. The van der Waals surface area contributed by atoms with Crippen molar-refractivity contribution in [1.82, 2.24) is 9.80 Å². The number of amides is 2. The topological polar surface area (TPSA) is 49.9 Å². The van der Waals surface area contributed by atoms with Gasteiger partial charge in [0.15, 0.2) is 0 Å². The lowest BCUT2D eigenvalue weighted by Gasteiger charge is -2.29. The first-order valence-electron chi connectivity index (χ1n) is 7.06. The summed E-state index contributed by atoms with van der Waals surface area (Å²) in [7, 11) is 1.76. The molecule has 0 saturated carbocycles. The van der Waals surface area contributed by atoms with E-state index in [1.807, 2.05) is 0 Å². The SMILES string of the molecule is CN1C(=O)[C@H]2COC[C@@H]1CN(C(=O)c1cccc(Cl)c1Cl)C2. The number of rotatable bonds is 1. The molecule has 0 aliphatic carbocycles. The number of benzene rings is 1. The highest BCUT2D eigenvalue weighted by molar-refractivity contribution is 6.43. The first-order chi connectivity index (χ1) is 10.5. The molecule has 0 spiro atoms. The van der Waals surface area contributed by atoms with Gasteiger partial charge in [0.2, 0.25) is 5.91 Å². The van der Waals surface area contributed by atoms with Gasteiger partial charge in [-0.05, 0) is 12.1 Å². The van der Waals surface area contributed by atoms with Crippen molar-refractivity contribution in [2.24, 2.45) is 5.92 Å².